The second-order valence-electron chi connectivity index (χ2n) is 7.52. The number of aromatic nitrogens is 3. The Morgan fingerprint density at radius 3 is 2.68 bits per heavy atom. The molecule has 6 nitrogen and oxygen atoms in total. The van der Waals surface area contributed by atoms with Gasteiger partial charge in [0.05, 0.1) is 36.3 Å². The van der Waals surface area contributed by atoms with Crippen molar-refractivity contribution in [3.05, 3.63) is 58.4 Å². The number of hydrogen-bond acceptors (Lipinski definition) is 5. The Morgan fingerprint density at radius 2 is 2.00 bits per heavy atom. The van der Waals surface area contributed by atoms with Gasteiger partial charge in [0, 0.05) is 19.5 Å². The minimum Gasteiger partial charge on any atom is -0.390 e. The number of halogens is 3. The fourth-order valence-corrected chi connectivity index (χ4v) is 3.88. The number of anilines is 1. The Morgan fingerprint density at radius 1 is 1.23 bits per heavy atom. The number of aliphatic hydroxyl groups is 1. The van der Waals surface area contributed by atoms with E-state index >= 15 is 0 Å². The molecule has 1 aliphatic rings. The summed E-state index contributed by atoms with van der Waals surface area (Å²) in [5.74, 6) is 0.738. The Labute approximate surface area is 185 Å². The molecule has 1 saturated heterocycles. The number of fused-ring (bicyclic) bond motifs is 1. The molecule has 1 aliphatic heterocycles. The number of nitrogens with zero attached hydrogens (tertiary/aromatic N) is 4. The predicted octanol–water partition coefficient (Wildman–Crippen LogP) is 3.48. The van der Waals surface area contributed by atoms with E-state index in [0.717, 1.165) is 11.9 Å². The molecule has 168 valence electrons. The second-order valence-corrected chi connectivity index (χ2v) is 7.52. The van der Waals surface area contributed by atoms with Gasteiger partial charge in [-0.1, -0.05) is 12.1 Å². The standard InChI is InChI=1S/C21H23F3N4O2.H2S/c1-13-11-27(8-9-30-13)20-7-6-19-25-17(12-29)18(28(19)26-20)10-15-4-3-5-16(14(15)2)21(22,23)24;/h3-7,13,29H,8-12H2,1-2H3;1H2. The summed E-state index contributed by atoms with van der Waals surface area (Å²) in [6.07, 6.45) is -4.15. The van der Waals surface area contributed by atoms with Gasteiger partial charge in [0.1, 0.15) is 5.82 Å². The first kappa shape index (κ1) is 23.4. The Bertz CT molecular complexity index is 1070. The third-order valence-electron chi connectivity index (χ3n) is 5.46. The summed E-state index contributed by atoms with van der Waals surface area (Å²) in [6, 6.07) is 7.82. The number of ether oxygens (including phenoxy) is 1. The molecule has 3 heterocycles. The number of rotatable bonds is 4. The van der Waals surface area contributed by atoms with Gasteiger partial charge in [0.25, 0.3) is 0 Å². The van der Waals surface area contributed by atoms with Crippen LogP contribution in [0, 0.1) is 6.92 Å². The van der Waals surface area contributed by atoms with Crippen LogP contribution in [0.1, 0.15) is 35.0 Å². The normalized spacial score (nSPS) is 17.1. The number of aliphatic hydroxyl groups excluding tert-OH is 1. The molecule has 0 aliphatic carbocycles. The number of imidazole rings is 1. The average molecular weight is 455 g/mol. The summed E-state index contributed by atoms with van der Waals surface area (Å²) in [4.78, 5) is 6.52. The van der Waals surface area contributed by atoms with Crippen molar-refractivity contribution < 1.29 is 23.0 Å². The van der Waals surface area contributed by atoms with Crippen LogP contribution in [0.2, 0.25) is 0 Å². The van der Waals surface area contributed by atoms with Gasteiger partial charge in [-0.3, -0.25) is 0 Å². The molecule has 4 rings (SSSR count). The summed E-state index contributed by atoms with van der Waals surface area (Å²) in [7, 11) is 0. The largest absolute Gasteiger partial charge is 0.416 e. The minimum atomic E-state index is -4.42. The number of morpholine rings is 1. The molecule has 2 aromatic heterocycles. The van der Waals surface area contributed by atoms with E-state index in [-0.39, 0.29) is 38.2 Å². The fourth-order valence-electron chi connectivity index (χ4n) is 3.88. The van der Waals surface area contributed by atoms with Crippen LogP contribution >= 0.6 is 13.5 Å². The predicted molar refractivity (Wildman–Crippen MR) is 116 cm³/mol. The van der Waals surface area contributed by atoms with Crippen molar-refractivity contribution in [2.75, 3.05) is 24.6 Å². The lowest BCUT2D eigenvalue weighted by Crippen LogP contribution is -2.41. The third kappa shape index (κ3) is 4.65. The van der Waals surface area contributed by atoms with Crippen LogP contribution in [0.4, 0.5) is 19.0 Å². The molecule has 3 aromatic rings. The molecule has 1 atom stereocenters. The van der Waals surface area contributed by atoms with Crippen molar-refractivity contribution in [1.29, 1.82) is 0 Å². The van der Waals surface area contributed by atoms with Gasteiger partial charge >= 0.3 is 6.18 Å². The fraction of sp³-hybridized carbons (Fsp3) is 0.429. The first-order valence-electron chi connectivity index (χ1n) is 9.78. The first-order valence-corrected chi connectivity index (χ1v) is 9.78. The summed E-state index contributed by atoms with van der Waals surface area (Å²) < 4.78 is 47.1. The zero-order valence-electron chi connectivity index (χ0n) is 17.3. The Balaban J connectivity index is 0.00000272. The quantitative estimate of drug-likeness (QED) is 0.654. The summed E-state index contributed by atoms with van der Waals surface area (Å²) in [5, 5.41) is 14.5. The molecule has 10 heteroatoms. The lowest BCUT2D eigenvalue weighted by molar-refractivity contribution is -0.138. The lowest BCUT2D eigenvalue weighted by atomic mass is 9.98. The second kappa shape index (κ2) is 9.05. The van der Waals surface area contributed by atoms with E-state index in [0.29, 0.717) is 42.3 Å². The highest BCUT2D eigenvalue weighted by atomic mass is 32.1. The van der Waals surface area contributed by atoms with Crippen molar-refractivity contribution in [2.45, 2.75) is 39.2 Å². The van der Waals surface area contributed by atoms with Gasteiger partial charge in [-0.05, 0) is 43.2 Å². The number of benzene rings is 1. The topological polar surface area (TPSA) is 62.9 Å². The molecule has 0 saturated carbocycles. The maximum Gasteiger partial charge on any atom is 0.416 e. The van der Waals surface area contributed by atoms with E-state index < -0.39 is 11.7 Å². The van der Waals surface area contributed by atoms with Crippen LogP contribution in [0.25, 0.3) is 5.65 Å². The van der Waals surface area contributed by atoms with Crippen molar-refractivity contribution in [2.24, 2.45) is 0 Å². The minimum absolute atomic E-state index is 0. The molecular formula is C21H25F3N4O2S. The average Bonchev–Trinajstić information content (AvgIpc) is 3.05. The Hall–Kier alpha value is -2.30. The van der Waals surface area contributed by atoms with Crippen LogP contribution < -0.4 is 4.90 Å². The van der Waals surface area contributed by atoms with Crippen molar-refractivity contribution in [1.82, 2.24) is 14.6 Å². The molecule has 31 heavy (non-hydrogen) atoms. The molecule has 1 N–H and O–H groups in total. The zero-order chi connectivity index (χ0) is 21.5. The van der Waals surface area contributed by atoms with Gasteiger partial charge in [-0.2, -0.15) is 26.7 Å². The van der Waals surface area contributed by atoms with Crippen LogP contribution in [0.5, 0.6) is 0 Å². The third-order valence-corrected chi connectivity index (χ3v) is 5.46. The smallest absolute Gasteiger partial charge is 0.390 e. The highest BCUT2D eigenvalue weighted by molar-refractivity contribution is 7.59. The highest BCUT2D eigenvalue weighted by Crippen LogP contribution is 2.33. The van der Waals surface area contributed by atoms with Crippen LogP contribution in [0.3, 0.4) is 0 Å². The summed E-state index contributed by atoms with van der Waals surface area (Å²) >= 11 is 0. The highest BCUT2D eigenvalue weighted by Gasteiger charge is 2.33. The van der Waals surface area contributed by atoms with Gasteiger partial charge < -0.3 is 14.7 Å². The maximum absolute atomic E-state index is 13.3. The monoisotopic (exact) mass is 454 g/mol. The van der Waals surface area contributed by atoms with E-state index in [9.17, 15) is 18.3 Å². The summed E-state index contributed by atoms with van der Waals surface area (Å²) in [6.45, 7) is 5.14. The molecule has 0 radical (unpaired) electrons. The van der Waals surface area contributed by atoms with Crippen LogP contribution in [-0.4, -0.2) is 45.5 Å². The molecule has 1 unspecified atom stereocenters. The molecule has 0 amide bonds. The maximum atomic E-state index is 13.3. The summed E-state index contributed by atoms with van der Waals surface area (Å²) in [5.41, 5.74) is 1.57. The number of hydrogen-bond donors (Lipinski definition) is 1. The van der Waals surface area contributed by atoms with E-state index in [1.165, 1.54) is 13.0 Å². The molecule has 1 aromatic carbocycles. The Kier molecular flexibility index (Phi) is 6.82. The van der Waals surface area contributed by atoms with Crippen molar-refractivity contribution >= 4 is 25.0 Å². The van der Waals surface area contributed by atoms with E-state index in [2.05, 4.69) is 9.88 Å². The first-order chi connectivity index (χ1) is 14.3. The van der Waals surface area contributed by atoms with E-state index in [4.69, 9.17) is 9.84 Å². The molecule has 0 spiro atoms. The number of alkyl halides is 3. The van der Waals surface area contributed by atoms with Gasteiger partial charge in [-0.25, -0.2) is 9.50 Å². The van der Waals surface area contributed by atoms with Crippen molar-refractivity contribution in [3.63, 3.8) is 0 Å². The molecular weight excluding hydrogens is 429 g/mol. The van der Waals surface area contributed by atoms with Crippen LogP contribution in [-0.2, 0) is 23.9 Å². The van der Waals surface area contributed by atoms with Gasteiger partial charge in [0.15, 0.2) is 5.65 Å². The SMILES string of the molecule is Cc1c(Cc2c(CO)nc3ccc(N4CCOC(C)C4)nn23)cccc1C(F)(F)F.S. The van der Waals surface area contributed by atoms with E-state index in [1.807, 2.05) is 19.1 Å². The molecule has 1 fully saturated rings. The van der Waals surface area contributed by atoms with Crippen LogP contribution in [0.15, 0.2) is 30.3 Å². The zero-order valence-corrected chi connectivity index (χ0v) is 18.3. The molecule has 0 bridgehead atoms. The van der Waals surface area contributed by atoms with Crippen molar-refractivity contribution in [3.8, 4) is 0 Å². The van der Waals surface area contributed by atoms with Gasteiger partial charge in [-0.15, -0.1) is 5.10 Å². The van der Waals surface area contributed by atoms with E-state index in [1.54, 1.807) is 10.6 Å². The van der Waals surface area contributed by atoms with Gasteiger partial charge in [0.2, 0.25) is 0 Å². The lowest BCUT2D eigenvalue weighted by Gasteiger charge is -2.31.